The smallest absolute Gasteiger partial charge is 0.410 e. The monoisotopic (exact) mass is 448 g/mol. The van der Waals surface area contributed by atoms with E-state index in [1.54, 1.807) is 4.90 Å². The fourth-order valence-corrected chi connectivity index (χ4v) is 3.59. The van der Waals surface area contributed by atoms with Crippen molar-refractivity contribution < 1.29 is 19.1 Å². The molecule has 1 aromatic carbocycles. The number of likely N-dealkylation sites (tertiary alicyclic amines) is 1. The summed E-state index contributed by atoms with van der Waals surface area (Å²) in [6.45, 7) is 7.27. The van der Waals surface area contributed by atoms with Crippen LogP contribution in [0.5, 0.6) is 0 Å². The standard InChI is InChI=1S/C22H29ClN4O4/c1-22(2,3)31-21(29)26-8-4-17(5-9-26)27-14-16-12-15(18(24)13-19(16)25-27)6-10-30-11-7-20(23)28/h7,11-14,17H,4-6,8-10,24H2,1-3H3/b11-7+. The first-order valence-corrected chi connectivity index (χ1v) is 10.7. The molecule has 1 aromatic heterocycles. The van der Waals surface area contributed by atoms with Gasteiger partial charge in [-0.1, -0.05) is 0 Å². The molecule has 0 spiro atoms. The summed E-state index contributed by atoms with van der Waals surface area (Å²) in [5.74, 6) is 0. The highest BCUT2D eigenvalue weighted by molar-refractivity contribution is 6.66. The van der Waals surface area contributed by atoms with Crippen molar-refractivity contribution in [2.45, 2.75) is 51.7 Å². The van der Waals surface area contributed by atoms with Crippen molar-refractivity contribution in [3.8, 4) is 0 Å². The quantitative estimate of drug-likeness (QED) is 0.235. The molecule has 1 fully saturated rings. The number of benzene rings is 1. The molecule has 9 heteroatoms. The van der Waals surface area contributed by atoms with Gasteiger partial charge in [-0.3, -0.25) is 9.48 Å². The van der Waals surface area contributed by atoms with Crippen molar-refractivity contribution in [3.05, 3.63) is 36.2 Å². The van der Waals surface area contributed by atoms with Gasteiger partial charge in [0.05, 0.1) is 24.4 Å². The summed E-state index contributed by atoms with van der Waals surface area (Å²) >= 11 is 5.22. The molecule has 0 bridgehead atoms. The van der Waals surface area contributed by atoms with Crippen LogP contribution in [0.15, 0.2) is 30.7 Å². The van der Waals surface area contributed by atoms with Crippen LogP contribution in [0.25, 0.3) is 10.9 Å². The lowest BCUT2D eigenvalue weighted by molar-refractivity contribution is -0.107. The summed E-state index contributed by atoms with van der Waals surface area (Å²) < 4.78 is 12.7. The zero-order valence-corrected chi connectivity index (χ0v) is 18.9. The highest BCUT2D eigenvalue weighted by Crippen LogP contribution is 2.27. The van der Waals surface area contributed by atoms with Crippen LogP contribution in [0.3, 0.4) is 0 Å². The highest BCUT2D eigenvalue weighted by atomic mass is 35.5. The van der Waals surface area contributed by atoms with E-state index >= 15 is 0 Å². The molecular formula is C22H29ClN4O4. The Kier molecular flexibility index (Phi) is 7.10. The number of allylic oxidation sites excluding steroid dienone is 1. The Morgan fingerprint density at radius 3 is 2.65 bits per heavy atom. The van der Waals surface area contributed by atoms with Crippen LogP contribution in [-0.4, -0.2) is 51.3 Å². The van der Waals surface area contributed by atoms with E-state index in [-0.39, 0.29) is 12.1 Å². The SMILES string of the molecule is CC(C)(C)OC(=O)N1CCC(n2cc3cc(CCO/C=C/C(=O)Cl)c(N)cc3n2)CC1. The van der Waals surface area contributed by atoms with Gasteiger partial charge < -0.3 is 20.1 Å². The van der Waals surface area contributed by atoms with E-state index in [1.807, 2.05) is 43.8 Å². The number of hydrogen-bond donors (Lipinski definition) is 1. The molecule has 2 N–H and O–H groups in total. The van der Waals surface area contributed by atoms with Gasteiger partial charge in [-0.15, -0.1) is 0 Å². The Hall–Kier alpha value is -2.74. The summed E-state index contributed by atoms with van der Waals surface area (Å²) in [4.78, 5) is 24.7. The third-order valence-electron chi connectivity index (χ3n) is 5.06. The van der Waals surface area contributed by atoms with Gasteiger partial charge in [-0.2, -0.15) is 5.10 Å². The summed E-state index contributed by atoms with van der Waals surface area (Å²) in [6.07, 6.45) is 6.43. The number of amides is 1. The van der Waals surface area contributed by atoms with Crippen molar-refractivity contribution >= 4 is 39.5 Å². The number of anilines is 1. The minimum atomic E-state index is -0.578. The van der Waals surface area contributed by atoms with Gasteiger partial charge in [0, 0.05) is 42.9 Å². The number of nitrogens with two attached hydrogens (primary N) is 1. The highest BCUT2D eigenvalue weighted by Gasteiger charge is 2.28. The first kappa shape index (κ1) is 22.9. The van der Waals surface area contributed by atoms with E-state index in [9.17, 15) is 9.59 Å². The first-order valence-electron chi connectivity index (χ1n) is 10.4. The van der Waals surface area contributed by atoms with E-state index in [4.69, 9.17) is 31.9 Å². The average Bonchev–Trinajstić information content (AvgIpc) is 3.09. The molecule has 1 saturated heterocycles. The molecule has 1 aliphatic rings. The predicted octanol–water partition coefficient (Wildman–Crippen LogP) is 4.03. The minimum absolute atomic E-state index is 0.220. The Morgan fingerprint density at radius 2 is 2.00 bits per heavy atom. The molecule has 8 nitrogen and oxygen atoms in total. The second kappa shape index (κ2) is 9.60. The van der Waals surface area contributed by atoms with Crippen molar-refractivity contribution in [3.63, 3.8) is 0 Å². The Morgan fingerprint density at radius 1 is 1.29 bits per heavy atom. The molecule has 0 atom stereocenters. The molecule has 0 saturated carbocycles. The van der Waals surface area contributed by atoms with Crippen molar-refractivity contribution in [2.24, 2.45) is 0 Å². The maximum Gasteiger partial charge on any atom is 0.410 e. The maximum absolute atomic E-state index is 12.3. The number of piperidine rings is 1. The number of halogens is 1. The van der Waals surface area contributed by atoms with E-state index in [0.717, 1.165) is 35.4 Å². The van der Waals surface area contributed by atoms with Crippen molar-refractivity contribution in [1.82, 2.24) is 14.7 Å². The van der Waals surface area contributed by atoms with E-state index < -0.39 is 10.8 Å². The van der Waals surface area contributed by atoms with Crippen LogP contribution in [-0.2, 0) is 20.7 Å². The number of carbonyl (C=O) groups excluding carboxylic acids is 2. The lowest BCUT2D eigenvalue weighted by Gasteiger charge is -2.33. The summed E-state index contributed by atoms with van der Waals surface area (Å²) in [5, 5.41) is 5.13. The Balaban J connectivity index is 1.61. The number of hydrogen-bond acceptors (Lipinski definition) is 6. The number of nitrogens with zero attached hydrogens (tertiary/aromatic N) is 3. The van der Waals surface area contributed by atoms with Crippen LogP contribution < -0.4 is 5.73 Å². The van der Waals surface area contributed by atoms with Crippen LogP contribution in [0, 0.1) is 0 Å². The minimum Gasteiger partial charge on any atom is -0.501 e. The summed E-state index contributed by atoms with van der Waals surface area (Å²) in [5.41, 5.74) is 8.14. The fourth-order valence-electron chi connectivity index (χ4n) is 3.54. The normalized spacial score (nSPS) is 15.5. The van der Waals surface area contributed by atoms with Gasteiger partial charge in [-0.25, -0.2) is 4.79 Å². The molecule has 168 valence electrons. The number of nitrogen functional groups attached to an aromatic ring is 1. The number of ether oxygens (including phenoxy) is 2. The van der Waals surface area contributed by atoms with Crippen LogP contribution in [0.1, 0.15) is 45.2 Å². The molecule has 2 aromatic rings. The molecule has 2 heterocycles. The van der Waals surface area contributed by atoms with Crippen molar-refractivity contribution in [1.29, 1.82) is 0 Å². The third kappa shape index (κ3) is 6.37. The molecule has 3 rings (SSSR count). The van der Waals surface area contributed by atoms with E-state index in [1.165, 1.54) is 6.26 Å². The molecule has 0 radical (unpaired) electrons. The number of carbonyl (C=O) groups is 2. The second-order valence-electron chi connectivity index (χ2n) is 8.65. The zero-order valence-electron chi connectivity index (χ0n) is 18.1. The first-order chi connectivity index (χ1) is 14.6. The second-order valence-corrected chi connectivity index (χ2v) is 9.02. The molecule has 1 amide bonds. The predicted molar refractivity (Wildman–Crippen MR) is 120 cm³/mol. The molecule has 0 aliphatic carbocycles. The Bertz CT molecular complexity index is 972. The topological polar surface area (TPSA) is 99.7 Å². The maximum atomic E-state index is 12.3. The molecule has 0 unspecified atom stereocenters. The molecule has 31 heavy (non-hydrogen) atoms. The van der Waals surface area contributed by atoms with Gasteiger partial charge in [0.15, 0.2) is 0 Å². The molecular weight excluding hydrogens is 420 g/mol. The summed E-state index contributed by atoms with van der Waals surface area (Å²) in [7, 11) is 0. The van der Waals surface area contributed by atoms with Crippen LogP contribution in [0.4, 0.5) is 10.5 Å². The number of aromatic nitrogens is 2. The van der Waals surface area contributed by atoms with Crippen LogP contribution >= 0.6 is 11.6 Å². The van der Waals surface area contributed by atoms with Gasteiger partial charge in [0.1, 0.15) is 5.60 Å². The van der Waals surface area contributed by atoms with Gasteiger partial charge >= 0.3 is 6.09 Å². The molecule has 1 aliphatic heterocycles. The zero-order chi connectivity index (χ0) is 22.6. The third-order valence-corrected chi connectivity index (χ3v) is 5.18. The van der Waals surface area contributed by atoms with Crippen LogP contribution in [0.2, 0.25) is 0 Å². The lowest BCUT2D eigenvalue weighted by atomic mass is 10.1. The van der Waals surface area contributed by atoms with Crippen molar-refractivity contribution in [2.75, 3.05) is 25.4 Å². The van der Waals surface area contributed by atoms with Gasteiger partial charge in [0.2, 0.25) is 5.24 Å². The average molecular weight is 449 g/mol. The van der Waals surface area contributed by atoms with E-state index in [0.29, 0.717) is 31.8 Å². The summed E-state index contributed by atoms with van der Waals surface area (Å²) in [6, 6.07) is 4.11. The van der Waals surface area contributed by atoms with Gasteiger partial charge in [0.25, 0.3) is 0 Å². The number of rotatable bonds is 6. The number of fused-ring (bicyclic) bond motifs is 1. The fraction of sp³-hybridized carbons (Fsp3) is 0.500. The largest absolute Gasteiger partial charge is 0.501 e. The lowest BCUT2D eigenvalue weighted by Crippen LogP contribution is -2.42. The van der Waals surface area contributed by atoms with E-state index in [2.05, 4.69) is 0 Å². The Labute approximate surface area is 186 Å². The van der Waals surface area contributed by atoms with Gasteiger partial charge in [-0.05, 0) is 62.9 Å².